The summed E-state index contributed by atoms with van der Waals surface area (Å²) in [5.41, 5.74) is 6.51. The zero-order valence-corrected chi connectivity index (χ0v) is 14.2. The van der Waals surface area contributed by atoms with Crippen LogP contribution < -0.4 is 21.7 Å². The maximum Gasteiger partial charge on any atom is 0.239 e. The number of amides is 3. The number of nitrogens with one attached hydrogen (secondary N) is 3. The Bertz CT molecular complexity index is 567. The second-order valence-corrected chi connectivity index (χ2v) is 4.95. The minimum atomic E-state index is -0.413. The fourth-order valence-electron chi connectivity index (χ4n) is 1.58. The van der Waals surface area contributed by atoms with Crippen molar-refractivity contribution in [1.82, 2.24) is 10.6 Å². The molecular formula is C14H20Cl2N4O3. The van der Waals surface area contributed by atoms with E-state index in [2.05, 4.69) is 16.0 Å². The van der Waals surface area contributed by atoms with Crippen LogP contribution in [0.25, 0.3) is 0 Å². The van der Waals surface area contributed by atoms with Crippen LogP contribution >= 0.6 is 24.0 Å². The molecule has 5 N–H and O–H groups in total. The maximum atomic E-state index is 11.8. The predicted octanol–water partition coefficient (Wildman–Crippen LogP) is 0.590. The van der Waals surface area contributed by atoms with Gasteiger partial charge in [0.15, 0.2) is 0 Å². The fraction of sp³-hybridized carbons (Fsp3) is 0.357. The van der Waals surface area contributed by atoms with Crippen molar-refractivity contribution in [3.63, 3.8) is 0 Å². The molecule has 0 atom stereocenters. The van der Waals surface area contributed by atoms with Crippen molar-refractivity contribution in [2.75, 3.05) is 25.0 Å². The van der Waals surface area contributed by atoms with Crippen molar-refractivity contribution < 1.29 is 14.4 Å². The van der Waals surface area contributed by atoms with Gasteiger partial charge in [-0.05, 0) is 24.6 Å². The molecule has 0 heterocycles. The molecule has 0 fully saturated rings. The molecule has 7 nitrogen and oxygen atoms in total. The van der Waals surface area contributed by atoms with Gasteiger partial charge in [0.25, 0.3) is 0 Å². The largest absolute Gasteiger partial charge is 0.354 e. The first kappa shape index (κ1) is 21.2. The summed E-state index contributed by atoms with van der Waals surface area (Å²) in [4.78, 5) is 34.0. The fourth-order valence-corrected chi connectivity index (χ4v) is 1.76. The molecule has 0 saturated carbocycles. The molecule has 0 radical (unpaired) electrons. The van der Waals surface area contributed by atoms with E-state index in [4.69, 9.17) is 17.3 Å². The Morgan fingerprint density at radius 3 is 2.48 bits per heavy atom. The molecule has 1 aromatic carbocycles. The first-order chi connectivity index (χ1) is 10.4. The summed E-state index contributed by atoms with van der Waals surface area (Å²) in [7, 11) is 0. The van der Waals surface area contributed by atoms with Gasteiger partial charge in [0.2, 0.25) is 17.7 Å². The Hall–Kier alpha value is -1.83. The summed E-state index contributed by atoms with van der Waals surface area (Å²) < 4.78 is 0. The summed E-state index contributed by atoms with van der Waals surface area (Å²) in [5, 5.41) is 8.15. The number of hydrogen-bond acceptors (Lipinski definition) is 4. The predicted molar refractivity (Wildman–Crippen MR) is 91.8 cm³/mol. The van der Waals surface area contributed by atoms with Gasteiger partial charge >= 0.3 is 0 Å². The lowest BCUT2D eigenvalue weighted by Crippen LogP contribution is -2.40. The lowest BCUT2D eigenvalue weighted by atomic mass is 10.2. The highest BCUT2D eigenvalue weighted by Crippen LogP contribution is 2.22. The maximum absolute atomic E-state index is 11.8. The van der Waals surface area contributed by atoms with Crippen LogP contribution in [0.3, 0.4) is 0 Å². The molecular weight excluding hydrogens is 343 g/mol. The van der Waals surface area contributed by atoms with Crippen LogP contribution in [0.1, 0.15) is 12.0 Å². The minimum Gasteiger partial charge on any atom is -0.354 e. The molecule has 1 aromatic rings. The van der Waals surface area contributed by atoms with Gasteiger partial charge in [0.05, 0.1) is 13.1 Å². The third kappa shape index (κ3) is 7.83. The van der Waals surface area contributed by atoms with Gasteiger partial charge in [0, 0.05) is 23.7 Å². The quantitative estimate of drug-likeness (QED) is 0.568. The standard InChI is InChI=1S/C14H19ClN4O3.ClH/c1-9-10(15)3-2-4-11(9)19-12(20)5-6-17-14(22)8-18-13(21)7-16;/h2-4H,5-8,16H2,1H3,(H,17,22)(H,18,21)(H,19,20);1H. The van der Waals surface area contributed by atoms with E-state index in [0.717, 1.165) is 5.56 Å². The van der Waals surface area contributed by atoms with Crippen molar-refractivity contribution in [3.8, 4) is 0 Å². The van der Waals surface area contributed by atoms with E-state index in [1.807, 2.05) is 0 Å². The Morgan fingerprint density at radius 2 is 1.83 bits per heavy atom. The van der Waals surface area contributed by atoms with Gasteiger partial charge in [-0.15, -0.1) is 12.4 Å². The molecule has 1 rings (SSSR count). The molecule has 0 saturated heterocycles. The smallest absolute Gasteiger partial charge is 0.239 e. The van der Waals surface area contributed by atoms with Crippen molar-refractivity contribution in [2.24, 2.45) is 5.73 Å². The summed E-state index contributed by atoms with van der Waals surface area (Å²) in [6.45, 7) is 1.64. The van der Waals surface area contributed by atoms with Gasteiger partial charge < -0.3 is 21.7 Å². The minimum absolute atomic E-state index is 0. The highest BCUT2D eigenvalue weighted by molar-refractivity contribution is 6.31. The lowest BCUT2D eigenvalue weighted by Gasteiger charge is -2.10. The van der Waals surface area contributed by atoms with Crippen LogP contribution in [0, 0.1) is 6.92 Å². The second kappa shape index (κ2) is 10.8. The van der Waals surface area contributed by atoms with Gasteiger partial charge in [-0.25, -0.2) is 0 Å². The number of carbonyl (C=O) groups is 3. The SMILES string of the molecule is Cc1c(Cl)cccc1NC(=O)CCNC(=O)CNC(=O)CN.Cl. The van der Waals surface area contributed by atoms with Crippen molar-refractivity contribution in [1.29, 1.82) is 0 Å². The van der Waals surface area contributed by atoms with Crippen molar-refractivity contribution in [2.45, 2.75) is 13.3 Å². The third-order valence-corrected chi connectivity index (χ3v) is 3.26. The van der Waals surface area contributed by atoms with Gasteiger partial charge in [0.1, 0.15) is 0 Å². The molecule has 0 aliphatic heterocycles. The monoisotopic (exact) mass is 362 g/mol. The summed E-state index contributed by atoms with van der Waals surface area (Å²) in [6, 6.07) is 5.23. The molecule has 0 aliphatic carbocycles. The van der Waals surface area contributed by atoms with Crippen LogP contribution in [0.5, 0.6) is 0 Å². The number of rotatable bonds is 7. The van der Waals surface area contributed by atoms with Crippen LogP contribution in [0.2, 0.25) is 5.02 Å². The summed E-state index contributed by atoms with van der Waals surface area (Å²) >= 11 is 5.96. The Labute approximate surface area is 145 Å². The van der Waals surface area contributed by atoms with E-state index in [9.17, 15) is 14.4 Å². The van der Waals surface area contributed by atoms with Gasteiger partial charge in [-0.3, -0.25) is 14.4 Å². The van der Waals surface area contributed by atoms with Crippen LogP contribution in [-0.2, 0) is 14.4 Å². The third-order valence-electron chi connectivity index (χ3n) is 2.85. The van der Waals surface area contributed by atoms with Crippen molar-refractivity contribution in [3.05, 3.63) is 28.8 Å². The van der Waals surface area contributed by atoms with Crippen LogP contribution in [0.4, 0.5) is 5.69 Å². The number of nitrogens with two attached hydrogens (primary N) is 1. The molecule has 23 heavy (non-hydrogen) atoms. The van der Waals surface area contributed by atoms with E-state index in [1.54, 1.807) is 25.1 Å². The van der Waals surface area contributed by atoms with E-state index in [-0.39, 0.29) is 50.3 Å². The average molecular weight is 363 g/mol. The lowest BCUT2D eigenvalue weighted by molar-refractivity contribution is -0.125. The van der Waals surface area contributed by atoms with Gasteiger partial charge in [-0.1, -0.05) is 17.7 Å². The topological polar surface area (TPSA) is 113 Å². The molecule has 0 aliphatic rings. The molecule has 0 aromatic heterocycles. The zero-order chi connectivity index (χ0) is 16.5. The highest BCUT2D eigenvalue weighted by Gasteiger charge is 2.08. The number of carbonyl (C=O) groups excluding carboxylic acids is 3. The van der Waals surface area contributed by atoms with E-state index < -0.39 is 5.91 Å². The molecule has 128 valence electrons. The number of hydrogen-bond donors (Lipinski definition) is 4. The average Bonchev–Trinajstić information content (AvgIpc) is 2.49. The molecule has 0 spiro atoms. The Morgan fingerprint density at radius 1 is 1.13 bits per heavy atom. The number of halogens is 2. The van der Waals surface area contributed by atoms with Gasteiger partial charge in [-0.2, -0.15) is 0 Å². The van der Waals surface area contributed by atoms with Crippen LogP contribution in [0.15, 0.2) is 18.2 Å². The summed E-state index contributed by atoms with van der Waals surface area (Å²) in [5.74, 6) is -1.03. The van der Waals surface area contributed by atoms with E-state index in [1.165, 1.54) is 0 Å². The second-order valence-electron chi connectivity index (χ2n) is 4.54. The molecule has 0 bridgehead atoms. The van der Waals surface area contributed by atoms with E-state index in [0.29, 0.717) is 10.7 Å². The van der Waals surface area contributed by atoms with Crippen molar-refractivity contribution >= 4 is 47.4 Å². The van der Waals surface area contributed by atoms with Crippen LogP contribution in [-0.4, -0.2) is 37.4 Å². The summed E-state index contributed by atoms with van der Waals surface area (Å²) in [6.07, 6.45) is 0.114. The molecule has 0 unspecified atom stereocenters. The van der Waals surface area contributed by atoms with E-state index >= 15 is 0 Å². The molecule has 9 heteroatoms. The number of benzene rings is 1. The Balaban J connectivity index is 0.00000484. The first-order valence-electron chi connectivity index (χ1n) is 6.72. The first-order valence-corrected chi connectivity index (χ1v) is 7.10. The highest BCUT2D eigenvalue weighted by atomic mass is 35.5. The normalized spacial score (nSPS) is 9.52. The Kier molecular flexibility index (Phi) is 9.96. The zero-order valence-electron chi connectivity index (χ0n) is 12.6. The molecule has 3 amide bonds. The number of anilines is 1.